The highest BCUT2D eigenvalue weighted by atomic mass is 16.2. The Kier molecular flexibility index (Phi) is 4.07. The minimum Gasteiger partial charge on any atom is -0.349 e. The SMILES string of the molecule is Cc1ccc(N2C(=O)c3ccc(C(=O)NC4CCCC4)cc3C2=O)cc1. The maximum atomic E-state index is 12.8. The third-order valence-electron chi connectivity index (χ3n) is 5.13. The normalized spacial score (nSPS) is 16.9. The lowest BCUT2D eigenvalue weighted by molar-refractivity contribution is 0.0921. The number of anilines is 1. The van der Waals surface area contributed by atoms with E-state index in [1.54, 1.807) is 24.3 Å². The maximum Gasteiger partial charge on any atom is 0.266 e. The summed E-state index contributed by atoms with van der Waals surface area (Å²) < 4.78 is 0. The van der Waals surface area contributed by atoms with Crippen molar-refractivity contribution in [1.29, 1.82) is 0 Å². The maximum absolute atomic E-state index is 12.8. The molecule has 1 N–H and O–H groups in total. The van der Waals surface area contributed by atoms with Gasteiger partial charge in [0.1, 0.15) is 0 Å². The minimum absolute atomic E-state index is 0.186. The molecule has 0 unspecified atom stereocenters. The molecule has 3 amide bonds. The molecule has 1 saturated carbocycles. The molecule has 0 bridgehead atoms. The highest BCUT2D eigenvalue weighted by Gasteiger charge is 2.37. The predicted molar refractivity (Wildman–Crippen MR) is 98.5 cm³/mol. The zero-order valence-electron chi connectivity index (χ0n) is 14.6. The van der Waals surface area contributed by atoms with E-state index in [4.69, 9.17) is 0 Å². The minimum atomic E-state index is -0.385. The largest absolute Gasteiger partial charge is 0.349 e. The molecule has 1 aliphatic carbocycles. The summed E-state index contributed by atoms with van der Waals surface area (Å²) in [5, 5.41) is 3.01. The van der Waals surface area contributed by atoms with Crippen LogP contribution in [-0.4, -0.2) is 23.8 Å². The molecule has 0 atom stereocenters. The molecule has 1 heterocycles. The molecule has 2 aliphatic rings. The number of carbonyl (C=O) groups excluding carboxylic acids is 3. The van der Waals surface area contributed by atoms with Crippen molar-refractivity contribution in [3.63, 3.8) is 0 Å². The molecule has 2 aromatic rings. The van der Waals surface area contributed by atoms with Gasteiger partial charge in [0.15, 0.2) is 0 Å². The lowest BCUT2D eigenvalue weighted by Gasteiger charge is -2.13. The average molecular weight is 348 g/mol. The van der Waals surface area contributed by atoms with Crippen LogP contribution in [-0.2, 0) is 0 Å². The van der Waals surface area contributed by atoms with Crippen molar-refractivity contribution < 1.29 is 14.4 Å². The van der Waals surface area contributed by atoms with Crippen LogP contribution >= 0.6 is 0 Å². The summed E-state index contributed by atoms with van der Waals surface area (Å²) >= 11 is 0. The Bertz CT molecular complexity index is 896. The average Bonchev–Trinajstić information content (AvgIpc) is 3.23. The van der Waals surface area contributed by atoms with Crippen molar-refractivity contribution in [1.82, 2.24) is 5.32 Å². The fraction of sp³-hybridized carbons (Fsp3) is 0.286. The second kappa shape index (κ2) is 6.41. The van der Waals surface area contributed by atoms with E-state index in [2.05, 4.69) is 5.32 Å². The number of nitrogens with zero attached hydrogens (tertiary/aromatic N) is 1. The Morgan fingerprint density at radius 3 is 2.31 bits per heavy atom. The van der Waals surface area contributed by atoms with Crippen molar-refractivity contribution >= 4 is 23.4 Å². The van der Waals surface area contributed by atoms with Gasteiger partial charge in [-0.1, -0.05) is 30.5 Å². The first kappa shape index (κ1) is 16.5. The number of amides is 3. The molecule has 0 aromatic heterocycles. The zero-order chi connectivity index (χ0) is 18.3. The fourth-order valence-corrected chi connectivity index (χ4v) is 3.65. The smallest absolute Gasteiger partial charge is 0.266 e. The lowest BCUT2D eigenvalue weighted by atomic mass is 10.0. The predicted octanol–water partition coefficient (Wildman–Crippen LogP) is 3.47. The summed E-state index contributed by atoms with van der Waals surface area (Å²) in [5.41, 5.74) is 2.64. The van der Waals surface area contributed by atoms with Gasteiger partial charge in [0.05, 0.1) is 16.8 Å². The van der Waals surface area contributed by atoms with Gasteiger partial charge in [0.25, 0.3) is 17.7 Å². The zero-order valence-corrected chi connectivity index (χ0v) is 14.6. The third kappa shape index (κ3) is 2.79. The summed E-state index contributed by atoms with van der Waals surface area (Å²) in [4.78, 5) is 39.1. The first-order valence-electron chi connectivity index (χ1n) is 8.95. The van der Waals surface area contributed by atoms with Gasteiger partial charge in [-0.2, -0.15) is 0 Å². The van der Waals surface area contributed by atoms with Crippen LogP contribution in [0.3, 0.4) is 0 Å². The van der Waals surface area contributed by atoms with Crippen LogP contribution in [0.25, 0.3) is 0 Å². The first-order chi connectivity index (χ1) is 12.5. The fourth-order valence-electron chi connectivity index (χ4n) is 3.65. The van der Waals surface area contributed by atoms with E-state index in [0.717, 1.165) is 31.2 Å². The third-order valence-corrected chi connectivity index (χ3v) is 5.13. The summed E-state index contributed by atoms with van der Waals surface area (Å²) in [6, 6.07) is 12.2. The standard InChI is InChI=1S/C21H20N2O3/c1-13-6-9-16(10-7-13)23-20(25)17-11-8-14(12-18(17)21(23)26)19(24)22-15-4-2-3-5-15/h6-12,15H,2-5H2,1H3,(H,22,24). The molecule has 0 spiro atoms. The van der Waals surface area contributed by atoms with Gasteiger partial charge in [-0.3, -0.25) is 14.4 Å². The van der Waals surface area contributed by atoms with Gasteiger partial charge in [0.2, 0.25) is 0 Å². The highest BCUT2D eigenvalue weighted by Crippen LogP contribution is 2.29. The molecule has 1 aliphatic heterocycles. The van der Waals surface area contributed by atoms with Gasteiger partial charge < -0.3 is 5.32 Å². The molecule has 5 heteroatoms. The summed E-state index contributed by atoms with van der Waals surface area (Å²) in [5.74, 6) is -0.922. The van der Waals surface area contributed by atoms with Gasteiger partial charge >= 0.3 is 0 Å². The number of hydrogen-bond donors (Lipinski definition) is 1. The van der Waals surface area contributed by atoms with Gasteiger partial charge in [0, 0.05) is 11.6 Å². The molecule has 26 heavy (non-hydrogen) atoms. The number of rotatable bonds is 3. The van der Waals surface area contributed by atoms with E-state index in [0.29, 0.717) is 16.8 Å². The van der Waals surface area contributed by atoms with E-state index in [9.17, 15) is 14.4 Å². The molecule has 5 nitrogen and oxygen atoms in total. The van der Waals surface area contributed by atoms with E-state index < -0.39 is 0 Å². The molecular formula is C21H20N2O3. The molecule has 0 saturated heterocycles. The van der Waals surface area contributed by atoms with Crippen LogP contribution in [0.5, 0.6) is 0 Å². The first-order valence-corrected chi connectivity index (χ1v) is 8.95. The molecule has 2 aromatic carbocycles. The number of nitrogens with one attached hydrogen (secondary N) is 1. The second-order valence-electron chi connectivity index (χ2n) is 7.00. The summed E-state index contributed by atoms with van der Waals surface area (Å²) in [6.07, 6.45) is 4.26. The van der Waals surface area contributed by atoms with E-state index in [1.165, 1.54) is 11.0 Å². The Labute approximate surface area is 152 Å². The number of imide groups is 1. The van der Waals surface area contributed by atoms with Gasteiger partial charge in [-0.15, -0.1) is 0 Å². The number of hydrogen-bond acceptors (Lipinski definition) is 3. The van der Waals surface area contributed by atoms with Crippen LogP contribution in [0.15, 0.2) is 42.5 Å². The van der Waals surface area contributed by atoms with Crippen LogP contribution < -0.4 is 10.2 Å². The van der Waals surface area contributed by atoms with E-state index in [-0.39, 0.29) is 29.3 Å². The van der Waals surface area contributed by atoms with Crippen molar-refractivity contribution in [3.05, 3.63) is 64.7 Å². The van der Waals surface area contributed by atoms with Crippen molar-refractivity contribution in [3.8, 4) is 0 Å². The number of carbonyl (C=O) groups is 3. The van der Waals surface area contributed by atoms with Crippen LogP contribution in [0.1, 0.15) is 62.3 Å². The Morgan fingerprint density at radius 1 is 0.962 bits per heavy atom. The Hall–Kier alpha value is -2.95. The molecular weight excluding hydrogens is 328 g/mol. The van der Waals surface area contributed by atoms with Gasteiger partial charge in [-0.05, 0) is 50.1 Å². The quantitative estimate of drug-likeness (QED) is 0.864. The molecule has 132 valence electrons. The summed E-state index contributed by atoms with van der Waals surface area (Å²) in [7, 11) is 0. The topological polar surface area (TPSA) is 66.5 Å². The Morgan fingerprint density at radius 2 is 1.62 bits per heavy atom. The molecule has 0 radical (unpaired) electrons. The van der Waals surface area contributed by atoms with Crippen LogP contribution in [0.4, 0.5) is 5.69 Å². The number of fused-ring (bicyclic) bond motifs is 1. The van der Waals surface area contributed by atoms with Crippen LogP contribution in [0.2, 0.25) is 0 Å². The molecule has 4 rings (SSSR count). The van der Waals surface area contributed by atoms with Crippen molar-refractivity contribution in [2.75, 3.05) is 4.90 Å². The van der Waals surface area contributed by atoms with E-state index >= 15 is 0 Å². The summed E-state index contributed by atoms with van der Waals surface area (Å²) in [6.45, 7) is 1.95. The number of aryl methyl sites for hydroxylation is 1. The van der Waals surface area contributed by atoms with E-state index in [1.807, 2.05) is 19.1 Å². The second-order valence-corrected chi connectivity index (χ2v) is 7.00. The van der Waals surface area contributed by atoms with Crippen LogP contribution in [0, 0.1) is 6.92 Å². The van der Waals surface area contributed by atoms with Crippen molar-refractivity contribution in [2.24, 2.45) is 0 Å². The van der Waals surface area contributed by atoms with Crippen molar-refractivity contribution in [2.45, 2.75) is 38.6 Å². The Balaban J connectivity index is 1.61. The monoisotopic (exact) mass is 348 g/mol. The van der Waals surface area contributed by atoms with Gasteiger partial charge in [-0.25, -0.2) is 4.90 Å². The highest BCUT2D eigenvalue weighted by molar-refractivity contribution is 6.34. The molecule has 1 fully saturated rings. The lowest BCUT2D eigenvalue weighted by Crippen LogP contribution is -2.32. The number of benzene rings is 2.